The van der Waals surface area contributed by atoms with Crippen molar-refractivity contribution < 1.29 is 19.4 Å². The van der Waals surface area contributed by atoms with Crippen molar-refractivity contribution in [3.63, 3.8) is 0 Å². The Hall–Kier alpha value is -2.47. The molecule has 0 fully saturated rings. The summed E-state index contributed by atoms with van der Waals surface area (Å²) in [6.45, 7) is 3.51. The van der Waals surface area contributed by atoms with Crippen molar-refractivity contribution in [3.05, 3.63) is 47.5 Å². The normalized spacial score (nSPS) is 15.3. The number of carbonyl (C=O) groups excluding carboxylic acids is 1. The number of nitrogens with one attached hydrogen (secondary N) is 1. The summed E-state index contributed by atoms with van der Waals surface area (Å²) in [4.78, 5) is 16.6. The predicted molar refractivity (Wildman–Crippen MR) is 86.2 cm³/mol. The molecule has 2 heterocycles. The lowest BCUT2D eigenvalue weighted by atomic mass is 10.1. The van der Waals surface area contributed by atoms with E-state index in [1.54, 1.807) is 6.92 Å². The lowest BCUT2D eigenvalue weighted by Gasteiger charge is -2.14. The van der Waals surface area contributed by atoms with Crippen LogP contribution in [0.5, 0.6) is 0 Å². The average molecular weight is 316 g/mol. The summed E-state index contributed by atoms with van der Waals surface area (Å²) >= 11 is 0. The molecule has 6 heteroatoms. The van der Waals surface area contributed by atoms with Gasteiger partial charge in [-0.05, 0) is 25.0 Å². The maximum atomic E-state index is 11.3. The van der Waals surface area contributed by atoms with E-state index in [0.29, 0.717) is 13.1 Å². The monoisotopic (exact) mass is 316 g/mol. The molecule has 0 spiro atoms. The Labute approximate surface area is 134 Å². The molecule has 23 heavy (non-hydrogen) atoms. The van der Waals surface area contributed by atoms with Crippen LogP contribution in [0.15, 0.2) is 42.0 Å². The minimum absolute atomic E-state index is 0.0944. The number of rotatable bonds is 5. The second-order valence-electron chi connectivity index (χ2n) is 5.48. The van der Waals surface area contributed by atoms with E-state index in [-0.39, 0.29) is 18.1 Å². The van der Waals surface area contributed by atoms with E-state index in [9.17, 15) is 9.90 Å². The van der Waals surface area contributed by atoms with Crippen LogP contribution in [0.1, 0.15) is 12.5 Å². The van der Waals surface area contributed by atoms with Crippen LogP contribution in [0.25, 0.3) is 10.9 Å². The largest absolute Gasteiger partial charge is 0.513 e. The van der Waals surface area contributed by atoms with E-state index in [0.717, 1.165) is 18.5 Å². The summed E-state index contributed by atoms with van der Waals surface area (Å²) < 4.78 is 9.75. The average Bonchev–Trinajstić information content (AvgIpc) is 3.09. The van der Waals surface area contributed by atoms with Gasteiger partial charge in [0.2, 0.25) is 0 Å². The zero-order valence-electron chi connectivity index (χ0n) is 13.0. The highest BCUT2D eigenvalue weighted by Gasteiger charge is 2.25. The molecule has 2 aromatic rings. The quantitative estimate of drug-likeness (QED) is 0.830. The van der Waals surface area contributed by atoms with Gasteiger partial charge in [-0.3, -0.25) is 4.90 Å². The van der Waals surface area contributed by atoms with Gasteiger partial charge in [0.25, 0.3) is 0 Å². The fourth-order valence-electron chi connectivity index (χ4n) is 2.76. The Morgan fingerprint density at radius 3 is 3.00 bits per heavy atom. The van der Waals surface area contributed by atoms with Crippen molar-refractivity contribution in [2.24, 2.45) is 0 Å². The van der Waals surface area contributed by atoms with Gasteiger partial charge in [0.05, 0.1) is 19.7 Å². The molecule has 0 bridgehead atoms. The molecule has 2 N–H and O–H groups in total. The maximum Gasteiger partial charge on any atom is 0.513 e. The number of nitrogens with zero attached hydrogens (tertiary/aromatic N) is 1. The first-order chi connectivity index (χ1) is 11.2. The first-order valence-corrected chi connectivity index (χ1v) is 7.70. The molecule has 6 nitrogen and oxygen atoms in total. The Bertz CT molecular complexity index is 735. The lowest BCUT2D eigenvalue weighted by Crippen LogP contribution is -2.24. The summed E-state index contributed by atoms with van der Waals surface area (Å²) in [6.07, 6.45) is 2.10. The fraction of sp³-hybridized carbons (Fsp3) is 0.353. The highest BCUT2D eigenvalue weighted by molar-refractivity contribution is 5.83. The van der Waals surface area contributed by atoms with E-state index < -0.39 is 6.16 Å². The number of benzene rings is 1. The lowest BCUT2D eigenvalue weighted by molar-refractivity contribution is 0.0770. The Morgan fingerprint density at radius 1 is 1.35 bits per heavy atom. The van der Waals surface area contributed by atoms with Gasteiger partial charge in [0.15, 0.2) is 5.76 Å². The number of aliphatic hydroxyl groups is 1. The third-order valence-corrected chi connectivity index (χ3v) is 3.90. The second kappa shape index (κ2) is 6.75. The van der Waals surface area contributed by atoms with E-state index in [4.69, 9.17) is 9.47 Å². The van der Waals surface area contributed by atoms with Crippen molar-refractivity contribution in [2.75, 3.05) is 26.2 Å². The molecular weight excluding hydrogens is 296 g/mol. The molecule has 0 saturated carbocycles. The number of fused-ring (bicyclic) bond motifs is 1. The molecule has 122 valence electrons. The standard InChI is InChI=1S/C17H20N2O4/c1-2-22-17(21)23-16-11-19(10-15(16)20)8-7-12-9-18-14-6-4-3-5-13(12)14/h3-6,9,18,20H,2,7-8,10-11H2,1H3. The van der Waals surface area contributed by atoms with Crippen LogP contribution in [-0.2, 0) is 15.9 Å². The third-order valence-electron chi connectivity index (χ3n) is 3.90. The Balaban J connectivity index is 1.56. The van der Waals surface area contributed by atoms with E-state index in [2.05, 4.69) is 11.1 Å². The van der Waals surface area contributed by atoms with Crippen LogP contribution in [0.3, 0.4) is 0 Å². The minimum Gasteiger partial charge on any atom is -0.507 e. The molecule has 0 atom stereocenters. The number of carbonyl (C=O) groups is 1. The molecule has 0 radical (unpaired) electrons. The van der Waals surface area contributed by atoms with Crippen LogP contribution in [0, 0.1) is 0 Å². The molecule has 0 aliphatic carbocycles. The summed E-state index contributed by atoms with van der Waals surface area (Å²) in [5.41, 5.74) is 2.36. The summed E-state index contributed by atoms with van der Waals surface area (Å²) in [7, 11) is 0. The zero-order chi connectivity index (χ0) is 16.2. The van der Waals surface area contributed by atoms with Gasteiger partial charge in [0.1, 0.15) is 5.76 Å². The smallest absolute Gasteiger partial charge is 0.507 e. The van der Waals surface area contributed by atoms with Gasteiger partial charge in [-0.15, -0.1) is 0 Å². The SMILES string of the molecule is CCOC(=O)OC1=C(O)CN(CCc2c[nH]c3ccccc23)C1. The molecular formula is C17H20N2O4. The first kappa shape index (κ1) is 15.4. The van der Waals surface area contributed by atoms with E-state index in [1.807, 2.05) is 29.3 Å². The molecule has 0 saturated heterocycles. The van der Waals surface area contributed by atoms with Crippen LogP contribution in [0.4, 0.5) is 4.79 Å². The van der Waals surface area contributed by atoms with Crippen LogP contribution < -0.4 is 0 Å². The zero-order valence-corrected chi connectivity index (χ0v) is 13.0. The van der Waals surface area contributed by atoms with Gasteiger partial charge < -0.3 is 19.6 Å². The van der Waals surface area contributed by atoms with Crippen LogP contribution in [0.2, 0.25) is 0 Å². The van der Waals surface area contributed by atoms with Gasteiger partial charge in [-0.25, -0.2) is 4.79 Å². The summed E-state index contributed by atoms with van der Waals surface area (Å²) in [5.74, 6) is 0.374. The second-order valence-corrected chi connectivity index (χ2v) is 5.48. The van der Waals surface area contributed by atoms with Gasteiger partial charge in [-0.2, -0.15) is 0 Å². The highest BCUT2D eigenvalue weighted by Crippen LogP contribution is 2.21. The van der Waals surface area contributed by atoms with Gasteiger partial charge in [0, 0.05) is 23.6 Å². The predicted octanol–water partition coefficient (Wildman–Crippen LogP) is 2.97. The number of para-hydroxylation sites is 1. The Kier molecular flexibility index (Phi) is 4.52. The molecule has 1 aromatic carbocycles. The van der Waals surface area contributed by atoms with Gasteiger partial charge in [-0.1, -0.05) is 18.2 Å². The molecule has 1 aliphatic rings. The van der Waals surface area contributed by atoms with Crippen molar-refractivity contribution in [3.8, 4) is 0 Å². The fourth-order valence-corrected chi connectivity index (χ4v) is 2.76. The van der Waals surface area contributed by atoms with Crippen LogP contribution >= 0.6 is 0 Å². The molecule has 3 rings (SSSR count). The summed E-state index contributed by atoms with van der Waals surface area (Å²) in [6, 6.07) is 8.17. The number of aromatic amines is 1. The number of aromatic nitrogens is 1. The topological polar surface area (TPSA) is 74.8 Å². The number of aliphatic hydroxyl groups excluding tert-OH is 1. The van der Waals surface area contributed by atoms with Crippen molar-refractivity contribution in [1.82, 2.24) is 9.88 Å². The minimum atomic E-state index is -0.771. The highest BCUT2D eigenvalue weighted by atomic mass is 16.7. The first-order valence-electron chi connectivity index (χ1n) is 7.70. The number of hydrogen-bond acceptors (Lipinski definition) is 5. The van der Waals surface area contributed by atoms with Crippen molar-refractivity contribution in [1.29, 1.82) is 0 Å². The Morgan fingerprint density at radius 2 is 2.17 bits per heavy atom. The number of ether oxygens (including phenoxy) is 2. The van der Waals surface area contributed by atoms with Gasteiger partial charge >= 0.3 is 6.16 Å². The maximum absolute atomic E-state index is 11.3. The molecule has 1 aliphatic heterocycles. The van der Waals surface area contributed by atoms with Crippen molar-refractivity contribution in [2.45, 2.75) is 13.3 Å². The molecule has 0 unspecified atom stereocenters. The number of hydrogen-bond donors (Lipinski definition) is 2. The van der Waals surface area contributed by atoms with Crippen molar-refractivity contribution >= 4 is 17.1 Å². The van der Waals surface area contributed by atoms with E-state index >= 15 is 0 Å². The van der Waals surface area contributed by atoms with E-state index in [1.165, 1.54) is 10.9 Å². The molecule has 0 amide bonds. The van der Waals surface area contributed by atoms with Crippen LogP contribution in [-0.4, -0.2) is 47.4 Å². The molecule has 1 aromatic heterocycles. The number of H-pyrrole nitrogens is 1. The summed E-state index contributed by atoms with van der Waals surface area (Å²) in [5, 5.41) is 11.1. The third kappa shape index (κ3) is 3.48.